The van der Waals surface area contributed by atoms with Gasteiger partial charge < -0.3 is 0 Å². The molecule has 0 bridgehead atoms. The van der Waals surface area contributed by atoms with E-state index in [1.54, 1.807) is 0 Å². The first-order chi connectivity index (χ1) is 28.7. The summed E-state index contributed by atoms with van der Waals surface area (Å²) in [6.07, 6.45) is 0. The fourth-order valence-electron chi connectivity index (χ4n) is 7.84. The Labute approximate surface area is 339 Å². The lowest BCUT2D eigenvalue weighted by Gasteiger charge is -2.14. The molecule has 0 atom stereocenters. The molecule has 0 aliphatic rings. The van der Waals surface area contributed by atoms with Crippen molar-refractivity contribution in [1.82, 2.24) is 9.97 Å². The molecule has 0 saturated heterocycles. The molecule has 2 aromatic heterocycles. The predicted molar refractivity (Wildman–Crippen MR) is 243 cm³/mol. The normalized spacial score (nSPS) is 11.1. The SMILES string of the molecule is c1ccc(-c2cccc(-c3ccc4nc(-c5cccc(-c6ccccc6)c5)cc(-c5ccc(-c6cc(-c7ccccc7)cc(-c7ccccc7)n6)cc5)c4c3)c2)cc1. The van der Waals surface area contributed by atoms with E-state index >= 15 is 0 Å². The lowest BCUT2D eigenvalue weighted by Crippen LogP contribution is -1.93. The summed E-state index contributed by atoms with van der Waals surface area (Å²) in [6, 6.07) is 81.8. The molecule has 0 aliphatic heterocycles. The zero-order valence-electron chi connectivity index (χ0n) is 31.8. The fraction of sp³-hybridized carbons (Fsp3) is 0. The molecule has 272 valence electrons. The monoisotopic (exact) mass is 738 g/mol. The maximum atomic E-state index is 5.30. The van der Waals surface area contributed by atoms with Gasteiger partial charge in [0.25, 0.3) is 0 Å². The Morgan fingerprint density at radius 3 is 1.16 bits per heavy atom. The van der Waals surface area contributed by atoms with Crippen molar-refractivity contribution in [3.05, 3.63) is 231 Å². The molecule has 0 saturated carbocycles. The number of rotatable bonds is 8. The number of fused-ring (bicyclic) bond motifs is 1. The quantitative estimate of drug-likeness (QED) is 0.155. The van der Waals surface area contributed by atoms with Gasteiger partial charge in [0, 0.05) is 22.1 Å². The predicted octanol–water partition coefficient (Wildman–Crippen LogP) is 15.0. The van der Waals surface area contributed by atoms with Gasteiger partial charge in [0.15, 0.2) is 0 Å². The lowest BCUT2D eigenvalue weighted by molar-refractivity contribution is 1.32. The minimum absolute atomic E-state index is 0.936. The van der Waals surface area contributed by atoms with Crippen LogP contribution in [0, 0.1) is 0 Å². The first kappa shape index (κ1) is 34.8. The molecule has 0 fully saturated rings. The average molecular weight is 739 g/mol. The van der Waals surface area contributed by atoms with Crippen LogP contribution in [0.5, 0.6) is 0 Å². The van der Waals surface area contributed by atoms with Gasteiger partial charge in [-0.15, -0.1) is 0 Å². The number of hydrogen-bond acceptors (Lipinski definition) is 2. The van der Waals surface area contributed by atoms with E-state index < -0.39 is 0 Å². The van der Waals surface area contributed by atoms with Crippen molar-refractivity contribution in [1.29, 1.82) is 0 Å². The van der Waals surface area contributed by atoms with Gasteiger partial charge in [-0.3, -0.25) is 0 Å². The van der Waals surface area contributed by atoms with E-state index in [4.69, 9.17) is 9.97 Å². The lowest BCUT2D eigenvalue weighted by atomic mass is 9.93. The number of nitrogens with zero attached hydrogens (tertiary/aromatic N) is 2. The van der Waals surface area contributed by atoms with Crippen LogP contribution in [0.1, 0.15) is 0 Å². The van der Waals surface area contributed by atoms with E-state index in [2.05, 4.69) is 224 Å². The minimum Gasteiger partial charge on any atom is -0.248 e. The van der Waals surface area contributed by atoms with E-state index in [0.29, 0.717) is 0 Å². The molecule has 2 heteroatoms. The van der Waals surface area contributed by atoms with Crippen LogP contribution in [0.25, 0.3) is 100 Å². The van der Waals surface area contributed by atoms with Crippen molar-refractivity contribution in [3.63, 3.8) is 0 Å². The van der Waals surface area contributed by atoms with E-state index in [9.17, 15) is 0 Å². The summed E-state index contributed by atoms with van der Waals surface area (Å²) in [5.41, 5.74) is 18.6. The Balaban J connectivity index is 1.10. The van der Waals surface area contributed by atoms with E-state index in [0.717, 1.165) is 72.5 Å². The van der Waals surface area contributed by atoms with Crippen LogP contribution in [0.4, 0.5) is 0 Å². The molecule has 0 N–H and O–H groups in total. The molecular weight excluding hydrogens is 701 g/mol. The standard InChI is InChI=1S/C56H38N2/c1-5-15-39(16-6-1)45-23-13-25-47(33-45)48-31-32-53-52(35-48)51(38-56(57-53)49-26-14-24-46(34-49)40-17-7-2-8-18-40)42-27-29-44(30-28-42)55-37-50(41-19-9-3-10-20-41)36-54(58-55)43-21-11-4-12-22-43/h1-38H. The molecule has 10 aromatic rings. The third-order valence-electron chi connectivity index (χ3n) is 10.9. The molecule has 2 nitrogen and oxygen atoms in total. The van der Waals surface area contributed by atoms with Gasteiger partial charge in [-0.1, -0.05) is 188 Å². The summed E-state index contributed by atoms with van der Waals surface area (Å²) in [5, 5.41) is 1.11. The highest BCUT2D eigenvalue weighted by Gasteiger charge is 2.15. The fourth-order valence-corrected chi connectivity index (χ4v) is 7.84. The van der Waals surface area contributed by atoms with Gasteiger partial charge in [0.05, 0.1) is 22.6 Å². The Morgan fingerprint density at radius 1 is 0.207 bits per heavy atom. The van der Waals surface area contributed by atoms with Gasteiger partial charge in [-0.25, -0.2) is 9.97 Å². The first-order valence-electron chi connectivity index (χ1n) is 19.7. The summed E-state index contributed by atoms with van der Waals surface area (Å²) < 4.78 is 0. The molecule has 10 rings (SSSR count). The summed E-state index contributed by atoms with van der Waals surface area (Å²) in [7, 11) is 0. The molecule has 58 heavy (non-hydrogen) atoms. The topological polar surface area (TPSA) is 25.8 Å². The van der Waals surface area contributed by atoms with Crippen LogP contribution < -0.4 is 0 Å². The Bertz CT molecular complexity index is 2950. The largest absolute Gasteiger partial charge is 0.248 e. The molecular formula is C56H38N2. The van der Waals surface area contributed by atoms with Gasteiger partial charge >= 0.3 is 0 Å². The summed E-state index contributed by atoms with van der Waals surface area (Å²) in [4.78, 5) is 10.5. The smallest absolute Gasteiger partial charge is 0.0716 e. The first-order valence-corrected chi connectivity index (χ1v) is 19.7. The summed E-state index contributed by atoms with van der Waals surface area (Å²) >= 11 is 0. The third-order valence-corrected chi connectivity index (χ3v) is 10.9. The molecule has 0 aliphatic carbocycles. The number of hydrogen-bond donors (Lipinski definition) is 0. The zero-order chi connectivity index (χ0) is 38.7. The molecule has 0 amide bonds. The molecule has 0 spiro atoms. The summed E-state index contributed by atoms with van der Waals surface area (Å²) in [6.45, 7) is 0. The highest BCUT2D eigenvalue weighted by Crippen LogP contribution is 2.38. The average Bonchev–Trinajstić information content (AvgIpc) is 3.32. The van der Waals surface area contributed by atoms with Gasteiger partial charge in [-0.05, 0) is 98.1 Å². The number of benzene rings is 8. The molecule has 0 radical (unpaired) electrons. The minimum atomic E-state index is 0.936. The van der Waals surface area contributed by atoms with E-state index in [-0.39, 0.29) is 0 Å². The number of pyridine rings is 2. The Hall–Kier alpha value is -7.68. The van der Waals surface area contributed by atoms with E-state index in [1.807, 2.05) is 6.07 Å². The Morgan fingerprint density at radius 2 is 0.586 bits per heavy atom. The maximum Gasteiger partial charge on any atom is 0.0716 e. The second kappa shape index (κ2) is 15.5. The highest BCUT2D eigenvalue weighted by molar-refractivity contribution is 5.99. The van der Waals surface area contributed by atoms with Crippen LogP contribution in [0.2, 0.25) is 0 Å². The zero-order valence-corrected chi connectivity index (χ0v) is 31.8. The van der Waals surface area contributed by atoms with Crippen LogP contribution in [0.3, 0.4) is 0 Å². The van der Waals surface area contributed by atoms with Crippen LogP contribution in [-0.2, 0) is 0 Å². The van der Waals surface area contributed by atoms with Crippen LogP contribution in [0.15, 0.2) is 231 Å². The summed E-state index contributed by atoms with van der Waals surface area (Å²) in [5.74, 6) is 0. The van der Waals surface area contributed by atoms with Crippen molar-refractivity contribution in [3.8, 4) is 89.4 Å². The third kappa shape index (κ3) is 7.11. The molecule has 2 heterocycles. The molecule has 8 aromatic carbocycles. The Kier molecular flexibility index (Phi) is 9.27. The van der Waals surface area contributed by atoms with Crippen LogP contribution in [-0.4, -0.2) is 9.97 Å². The van der Waals surface area contributed by atoms with Gasteiger partial charge in [-0.2, -0.15) is 0 Å². The second-order valence-electron chi connectivity index (χ2n) is 14.6. The van der Waals surface area contributed by atoms with Crippen molar-refractivity contribution < 1.29 is 0 Å². The molecule has 0 unspecified atom stereocenters. The van der Waals surface area contributed by atoms with Crippen molar-refractivity contribution in [2.75, 3.05) is 0 Å². The highest BCUT2D eigenvalue weighted by atomic mass is 14.7. The van der Waals surface area contributed by atoms with Crippen molar-refractivity contribution in [2.45, 2.75) is 0 Å². The van der Waals surface area contributed by atoms with Crippen molar-refractivity contribution in [2.24, 2.45) is 0 Å². The number of aromatic nitrogens is 2. The maximum absolute atomic E-state index is 5.30. The van der Waals surface area contributed by atoms with Gasteiger partial charge in [0.2, 0.25) is 0 Å². The van der Waals surface area contributed by atoms with Crippen molar-refractivity contribution >= 4 is 10.9 Å². The van der Waals surface area contributed by atoms with Crippen LogP contribution >= 0.6 is 0 Å². The van der Waals surface area contributed by atoms with Gasteiger partial charge in [0.1, 0.15) is 0 Å². The van der Waals surface area contributed by atoms with E-state index in [1.165, 1.54) is 27.8 Å². The second-order valence-corrected chi connectivity index (χ2v) is 14.6.